The molecular weight excluding hydrogens is 720 g/mol. The Hall–Kier alpha value is -8.04. The zero-order valence-electron chi connectivity index (χ0n) is 30.9. The third-order valence-electron chi connectivity index (χ3n) is 9.77. The van der Waals surface area contributed by atoms with Gasteiger partial charge in [-0.1, -0.05) is 146 Å². The average Bonchev–Trinajstić information content (AvgIpc) is 3.69. The Bertz CT molecular complexity index is 2800. The molecule has 0 atom stereocenters. The Morgan fingerprint density at radius 3 is 1.12 bits per heavy atom. The van der Waals surface area contributed by atoms with Crippen LogP contribution in [-0.4, -0.2) is 39.5 Å². The fourth-order valence-corrected chi connectivity index (χ4v) is 6.98. The van der Waals surface area contributed by atoms with Crippen LogP contribution in [0.25, 0.3) is 96.4 Å². The molecule has 0 aliphatic carbocycles. The van der Waals surface area contributed by atoms with E-state index in [1.807, 2.05) is 174 Å². The number of hydrogen-bond donors (Lipinski definition) is 0. The molecule has 0 aliphatic heterocycles. The van der Waals surface area contributed by atoms with E-state index < -0.39 is 0 Å². The van der Waals surface area contributed by atoms with Crippen molar-refractivity contribution in [3.63, 3.8) is 0 Å². The summed E-state index contributed by atoms with van der Waals surface area (Å²) in [6, 6.07) is 59.8. The first-order valence-corrected chi connectivity index (χ1v) is 18.8. The monoisotopic (exact) mass is 750 g/mol. The van der Waals surface area contributed by atoms with Crippen molar-refractivity contribution < 1.29 is 4.39 Å². The molecule has 0 fully saturated rings. The summed E-state index contributed by atoms with van der Waals surface area (Å²) in [5, 5.41) is 0. The first-order valence-electron chi connectivity index (χ1n) is 18.8. The third-order valence-corrected chi connectivity index (χ3v) is 9.77. The Kier molecular flexibility index (Phi) is 8.85. The molecule has 7 aromatic carbocycles. The minimum absolute atomic E-state index is 0.362. The lowest BCUT2D eigenvalue weighted by atomic mass is 10.1. The van der Waals surface area contributed by atoms with E-state index in [9.17, 15) is 0 Å². The first-order chi connectivity index (χ1) is 28.6. The maximum Gasteiger partial charge on any atom is 0.164 e. The van der Waals surface area contributed by atoms with Gasteiger partial charge in [0.05, 0.1) is 16.6 Å². The summed E-state index contributed by atoms with van der Waals surface area (Å²) in [6.07, 6.45) is 0. The van der Waals surface area contributed by atoms with Crippen molar-refractivity contribution in [1.82, 2.24) is 39.5 Å². The molecule has 274 valence electrons. The number of hydrogen-bond acceptors (Lipinski definition) is 7. The van der Waals surface area contributed by atoms with E-state index in [4.69, 9.17) is 34.9 Å². The zero-order valence-corrected chi connectivity index (χ0v) is 30.9. The molecule has 0 radical (unpaired) electrons. The highest BCUT2D eigenvalue weighted by Gasteiger charge is 2.21. The highest BCUT2D eigenvalue weighted by atomic mass is 19.1. The van der Waals surface area contributed by atoms with Crippen molar-refractivity contribution in [2.75, 3.05) is 0 Å². The molecular formula is C49H31FN8. The molecule has 0 amide bonds. The van der Waals surface area contributed by atoms with Crippen LogP contribution >= 0.6 is 0 Å². The first kappa shape index (κ1) is 34.5. The molecule has 0 unspecified atom stereocenters. The molecule has 0 spiro atoms. The smallest absolute Gasteiger partial charge is 0.164 e. The van der Waals surface area contributed by atoms with Crippen LogP contribution in [0.1, 0.15) is 0 Å². The van der Waals surface area contributed by atoms with Crippen LogP contribution in [-0.2, 0) is 0 Å². The molecule has 3 heterocycles. The van der Waals surface area contributed by atoms with Gasteiger partial charge in [0.2, 0.25) is 0 Å². The van der Waals surface area contributed by atoms with Crippen LogP contribution < -0.4 is 0 Å². The lowest BCUT2D eigenvalue weighted by Gasteiger charge is -2.15. The lowest BCUT2D eigenvalue weighted by molar-refractivity contribution is 0.629. The lowest BCUT2D eigenvalue weighted by Crippen LogP contribution is -2.04. The maximum absolute atomic E-state index is 15.7. The van der Waals surface area contributed by atoms with Crippen LogP contribution in [0.3, 0.4) is 0 Å². The van der Waals surface area contributed by atoms with E-state index in [-0.39, 0.29) is 5.82 Å². The van der Waals surface area contributed by atoms with Gasteiger partial charge >= 0.3 is 0 Å². The SMILES string of the molecule is Fc1ccccc1-c1nc2ccccc2n1-c1cc(-c2nc(-c3ccccc3)nc(-c3ccccc3)n2)cc(-c2nc(-c3ccccc3)nc(-c3ccccc3)n2)c1. The molecule has 0 saturated carbocycles. The van der Waals surface area contributed by atoms with Crippen LogP contribution in [0, 0.1) is 5.82 Å². The highest BCUT2D eigenvalue weighted by molar-refractivity contribution is 5.85. The number of nitrogens with zero attached hydrogens (tertiary/aromatic N) is 8. The van der Waals surface area contributed by atoms with Gasteiger partial charge in [0.25, 0.3) is 0 Å². The van der Waals surface area contributed by atoms with Gasteiger partial charge in [0.1, 0.15) is 11.6 Å². The van der Waals surface area contributed by atoms with E-state index in [0.29, 0.717) is 68.7 Å². The van der Waals surface area contributed by atoms with E-state index in [2.05, 4.69) is 0 Å². The zero-order chi connectivity index (χ0) is 38.8. The van der Waals surface area contributed by atoms with Gasteiger partial charge < -0.3 is 0 Å². The van der Waals surface area contributed by atoms with Gasteiger partial charge in [0.15, 0.2) is 34.9 Å². The quantitative estimate of drug-likeness (QED) is 0.153. The summed E-state index contributed by atoms with van der Waals surface area (Å²) in [7, 11) is 0. The van der Waals surface area contributed by atoms with Crippen molar-refractivity contribution in [3.05, 3.63) is 194 Å². The van der Waals surface area contributed by atoms with Crippen molar-refractivity contribution in [1.29, 1.82) is 0 Å². The second kappa shape index (κ2) is 14.9. The molecule has 10 rings (SSSR count). The number of benzene rings is 7. The minimum atomic E-state index is -0.384. The number of rotatable bonds is 8. The fraction of sp³-hybridized carbons (Fsp3) is 0. The molecule has 0 saturated heterocycles. The van der Waals surface area contributed by atoms with E-state index in [0.717, 1.165) is 27.8 Å². The van der Waals surface area contributed by atoms with Crippen LogP contribution in [0.5, 0.6) is 0 Å². The summed E-state index contributed by atoms with van der Waals surface area (Å²) >= 11 is 0. The summed E-state index contributed by atoms with van der Waals surface area (Å²) in [5.41, 5.74) is 7.28. The van der Waals surface area contributed by atoms with Crippen LogP contribution in [0.15, 0.2) is 188 Å². The molecule has 0 bridgehead atoms. The molecule has 3 aromatic heterocycles. The molecule has 9 heteroatoms. The summed E-state index contributed by atoms with van der Waals surface area (Å²) in [4.78, 5) is 35.2. The Morgan fingerprint density at radius 1 is 0.328 bits per heavy atom. The number of imidazole rings is 1. The van der Waals surface area contributed by atoms with Gasteiger partial charge in [-0.3, -0.25) is 4.57 Å². The second-order valence-electron chi connectivity index (χ2n) is 13.6. The Labute approximate surface area is 333 Å². The van der Waals surface area contributed by atoms with Crippen LogP contribution in [0.4, 0.5) is 4.39 Å². The Balaban J connectivity index is 1.27. The average molecular weight is 751 g/mol. The third kappa shape index (κ3) is 6.67. The molecule has 10 aromatic rings. The second-order valence-corrected chi connectivity index (χ2v) is 13.6. The Morgan fingerprint density at radius 2 is 0.690 bits per heavy atom. The van der Waals surface area contributed by atoms with Gasteiger partial charge in [-0.05, 0) is 42.5 Å². The van der Waals surface area contributed by atoms with Crippen molar-refractivity contribution in [3.8, 4) is 85.4 Å². The molecule has 0 aliphatic rings. The van der Waals surface area contributed by atoms with E-state index in [1.54, 1.807) is 12.1 Å². The van der Waals surface area contributed by atoms with Crippen molar-refractivity contribution in [2.24, 2.45) is 0 Å². The number of fused-ring (bicyclic) bond motifs is 1. The standard InChI is InChI=1S/C49H31FN8/c50-40-26-14-13-25-39(40)49-51-41-27-15-16-28-42(41)58(49)38-30-36(47-54-43(32-17-5-1-6-18-32)52-44(55-47)33-19-7-2-8-20-33)29-37(31-38)48-56-45(34-21-9-3-10-22-34)53-46(57-48)35-23-11-4-12-24-35/h1-31H. The van der Waals surface area contributed by atoms with Gasteiger partial charge in [0, 0.05) is 39.1 Å². The summed E-state index contributed by atoms with van der Waals surface area (Å²) in [5.74, 6) is 3.03. The predicted molar refractivity (Wildman–Crippen MR) is 226 cm³/mol. The van der Waals surface area contributed by atoms with Gasteiger partial charge in [-0.25, -0.2) is 39.3 Å². The topological polar surface area (TPSA) is 95.2 Å². The van der Waals surface area contributed by atoms with Crippen molar-refractivity contribution >= 4 is 11.0 Å². The highest BCUT2D eigenvalue weighted by Crippen LogP contribution is 2.36. The number of aromatic nitrogens is 8. The van der Waals surface area contributed by atoms with Gasteiger partial charge in [-0.2, -0.15) is 0 Å². The molecule has 58 heavy (non-hydrogen) atoms. The van der Waals surface area contributed by atoms with E-state index in [1.165, 1.54) is 6.07 Å². The van der Waals surface area contributed by atoms with Crippen LogP contribution in [0.2, 0.25) is 0 Å². The van der Waals surface area contributed by atoms with E-state index >= 15 is 4.39 Å². The largest absolute Gasteiger partial charge is 0.292 e. The predicted octanol–water partition coefficient (Wildman–Crippen LogP) is 11.2. The summed E-state index contributed by atoms with van der Waals surface area (Å²) in [6.45, 7) is 0. The summed E-state index contributed by atoms with van der Waals surface area (Å²) < 4.78 is 17.7. The normalized spacial score (nSPS) is 11.2. The number of para-hydroxylation sites is 2. The van der Waals surface area contributed by atoms with Crippen molar-refractivity contribution in [2.45, 2.75) is 0 Å². The molecule has 0 N–H and O–H groups in total. The maximum atomic E-state index is 15.7. The minimum Gasteiger partial charge on any atom is -0.292 e. The van der Waals surface area contributed by atoms with Gasteiger partial charge in [-0.15, -0.1) is 0 Å². The fourth-order valence-electron chi connectivity index (χ4n) is 6.98. The molecule has 8 nitrogen and oxygen atoms in total. The number of halogens is 1.